The Morgan fingerprint density at radius 1 is 1.22 bits per heavy atom. The van der Waals surface area contributed by atoms with E-state index in [1.807, 2.05) is 0 Å². The highest BCUT2D eigenvalue weighted by molar-refractivity contribution is 6.33. The number of nitriles is 1. The molecule has 0 heterocycles. The predicted molar refractivity (Wildman–Crippen MR) is 102 cm³/mol. The first-order valence-electron chi connectivity index (χ1n) is 8.03. The molecular weight excluding hydrogens is 368 g/mol. The molecule has 138 valence electrons. The van der Waals surface area contributed by atoms with Gasteiger partial charge < -0.3 is 15.2 Å². The molecule has 27 heavy (non-hydrogen) atoms. The summed E-state index contributed by atoms with van der Waals surface area (Å²) in [6.45, 7) is 1.62. The van der Waals surface area contributed by atoms with Crippen LogP contribution in [0.25, 0.3) is 11.1 Å². The van der Waals surface area contributed by atoms with E-state index in [-0.39, 0.29) is 29.0 Å². The summed E-state index contributed by atoms with van der Waals surface area (Å²) < 4.78 is 4.83. The van der Waals surface area contributed by atoms with E-state index < -0.39 is 11.9 Å². The van der Waals surface area contributed by atoms with Gasteiger partial charge in [-0.05, 0) is 23.8 Å². The number of carbonyl (C=O) groups excluding carboxylic acids is 2. The van der Waals surface area contributed by atoms with Crippen molar-refractivity contribution >= 4 is 29.2 Å². The maximum atomic E-state index is 12.2. The lowest BCUT2D eigenvalue weighted by Crippen LogP contribution is -2.16. The first-order valence-corrected chi connectivity index (χ1v) is 8.41. The molecule has 2 aromatic carbocycles. The van der Waals surface area contributed by atoms with Gasteiger partial charge in [-0.15, -0.1) is 0 Å². The fourth-order valence-electron chi connectivity index (χ4n) is 2.43. The van der Waals surface area contributed by atoms with Crippen molar-refractivity contribution < 1.29 is 19.4 Å². The lowest BCUT2D eigenvalue weighted by Gasteiger charge is -2.13. The van der Waals surface area contributed by atoms with Gasteiger partial charge in [0.05, 0.1) is 12.7 Å². The van der Waals surface area contributed by atoms with E-state index in [0.717, 1.165) is 0 Å². The summed E-state index contributed by atoms with van der Waals surface area (Å²) in [5.74, 6) is -1.68. The molecule has 0 aliphatic heterocycles. The van der Waals surface area contributed by atoms with Gasteiger partial charge >= 0.3 is 5.97 Å². The van der Waals surface area contributed by atoms with Crippen LogP contribution in [0.2, 0.25) is 5.02 Å². The van der Waals surface area contributed by atoms with Crippen LogP contribution >= 0.6 is 11.6 Å². The number of nitrogens with one attached hydrogen (secondary N) is 1. The molecule has 0 saturated carbocycles. The average molecular weight is 385 g/mol. The number of ether oxygens (including phenoxy) is 1. The average Bonchev–Trinajstić information content (AvgIpc) is 2.68. The van der Waals surface area contributed by atoms with Crippen LogP contribution in [0.1, 0.15) is 23.7 Å². The lowest BCUT2D eigenvalue weighted by atomic mass is 9.98. The van der Waals surface area contributed by atoms with Gasteiger partial charge in [-0.2, -0.15) is 5.26 Å². The number of carbonyl (C=O) groups is 2. The third-order valence-corrected chi connectivity index (χ3v) is 4.14. The molecule has 0 unspecified atom stereocenters. The molecule has 0 atom stereocenters. The summed E-state index contributed by atoms with van der Waals surface area (Å²) in [7, 11) is 1.25. The molecule has 0 aliphatic carbocycles. The van der Waals surface area contributed by atoms with Crippen molar-refractivity contribution in [2.75, 3.05) is 12.4 Å². The first-order chi connectivity index (χ1) is 12.9. The predicted octanol–water partition coefficient (Wildman–Crippen LogP) is 4.48. The number of hydrogen-bond donors (Lipinski definition) is 2. The van der Waals surface area contributed by atoms with Crippen LogP contribution in [-0.4, -0.2) is 24.1 Å². The highest BCUT2D eigenvalue weighted by Gasteiger charge is 2.19. The number of esters is 1. The van der Waals surface area contributed by atoms with Gasteiger partial charge in [0.15, 0.2) is 5.57 Å². The number of amides is 1. The molecule has 1 amide bonds. The van der Waals surface area contributed by atoms with Gasteiger partial charge in [-0.3, -0.25) is 4.79 Å². The van der Waals surface area contributed by atoms with E-state index in [1.54, 1.807) is 49.4 Å². The molecule has 0 aromatic heterocycles. The Balaban J connectivity index is 2.48. The van der Waals surface area contributed by atoms with Crippen molar-refractivity contribution in [3.63, 3.8) is 0 Å². The second-order valence-corrected chi connectivity index (χ2v) is 5.88. The maximum absolute atomic E-state index is 12.2. The molecule has 0 aliphatic rings. The molecule has 0 spiro atoms. The number of benzene rings is 2. The number of aliphatic hydroxyl groups excluding tert-OH is 1. The first kappa shape index (κ1) is 20.0. The summed E-state index contributed by atoms with van der Waals surface area (Å²) in [4.78, 5) is 24.4. The van der Waals surface area contributed by atoms with E-state index in [1.165, 1.54) is 13.2 Å². The fraction of sp³-hybridized carbons (Fsp3) is 0.150. The topological polar surface area (TPSA) is 99.4 Å². The van der Waals surface area contributed by atoms with Gasteiger partial charge in [0.2, 0.25) is 0 Å². The molecular formula is C20H17ClN2O4. The molecule has 0 bridgehead atoms. The minimum Gasteiger partial charge on any atom is -0.511 e. The van der Waals surface area contributed by atoms with Crippen molar-refractivity contribution in [3.8, 4) is 17.2 Å². The van der Waals surface area contributed by atoms with Crippen molar-refractivity contribution in [2.24, 2.45) is 0 Å². The zero-order chi connectivity index (χ0) is 20.0. The largest absolute Gasteiger partial charge is 0.511 e. The summed E-state index contributed by atoms with van der Waals surface area (Å²) in [5.41, 5.74) is 1.27. The highest BCUT2D eigenvalue weighted by Crippen LogP contribution is 2.32. The lowest BCUT2D eigenvalue weighted by molar-refractivity contribution is -0.112. The minimum absolute atomic E-state index is 0.148. The summed E-state index contributed by atoms with van der Waals surface area (Å²) >= 11 is 6.22. The van der Waals surface area contributed by atoms with Gasteiger partial charge in [0, 0.05) is 22.7 Å². The number of halogens is 1. The number of aliphatic hydroxyl groups is 1. The Morgan fingerprint density at radius 2 is 1.93 bits per heavy atom. The van der Waals surface area contributed by atoms with Crippen LogP contribution in [0.15, 0.2) is 53.8 Å². The molecule has 2 rings (SSSR count). The van der Waals surface area contributed by atoms with Crippen LogP contribution in [-0.2, 0) is 9.53 Å². The molecule has 7 heteroatoms. The van der Waals surface area contributed by atoms with Crippen LogP contribution in [0.4, 0.5) is 5.69 Å². The fourth-order valence-corrected chi connectivity index (χ4v) is 2.67. The highest BCUT2D eigenvalue weighted by atomic mass is 35.5. The number of nitrogens with zero attached hydrogens (tertiary/aromatic N) is 1. The number of hydrogen-bond acceptors (Lipinski definition) is 5. The monoisotopic (exact) mass is 384 g/mol. The van der Waals surface area contributed by atoms with E-state index in [0.29, 0.717) is 16.1 Å². The normalized spacial score (nSPS) is 11.2. The van der Waals surface area contributed by atoms with Gasteiger partial charge in [-0.1, -0.05) is 42.8 Å². The second-order valence-electron chi connectivity index (χ2n) is 5.47. The SMILES string of the molecule is CC/C(O)=C(\C#N)C(=O)Nc1ccc(-c2ccccc2Cl)c(C(=O)OC)c1. The number of allylic oxidation sites excluding steroid dienone is 1. The van der Waals surface area contributed by atoms with Crippen LogP contribution < -0.4 is 5.32 Å². The van der Waals surface area contributed by atoms with Crippen LogP contribution in [0, 0.1) is 11.3 Å². The number of anilines is 1. The molecule has 2 N–H and O–H groups in total. The minimum atomic E-state index is -0.766. The van der Waals surface area contributed by atoms with Gasteiger partial charge in [0.1, 0.15) is 11.8 Å². The number of methoxy groups -OCH3 is 1. The second kappa shape index (κ2) is 8.88. The zero-order valence-electron chi connectivity index (χ0n) is 14.7. The van der Waals surface area contributed by atoms with Crippen molar-refractivity contribution in [1.82, 2.24) is 0 Å². The van der Waals surface area contributed by atoms with Crippen LogP contribution in [0.5, 0.6) is 0 Å². The van der Waals surface area contributed by atoms with Gasteiger partial charge in [0.25, 0.3) is 5.91 Å². The van der Waals surface area contributed by atoms with Crippen molar-refractivity contribution in [1.29, 1.82) is 5.26 Å². The van der Waals surface area contributed by atoms with Gasteiger partial charge in [-0.25, -0.2) is 4.79 Å². The maximum Gasteiger partial charge on any atom is 0.338 e. The smallest absolute Gasteiger partial charge is 0.338 e. The van der Waals surface area contributed by atoms with E-state index in [9.17, 15) is 14.7 Å². The molecule has 0 radical (unpaired) electrons. The summed E-state index contributed by atoms with van der Waals surface area (Å²) in [5, 5.41) is 21.7. The molecule has 0 fully saturated rings. The van der Waals surface area contributed by atoms with E-state index in [2.05, 4.69) is 5.32 Å². The summed E-state index contributed by atoms with van der Waals surface area (Å²) in [6, 6.07) is 13.3. The quantitative estimate of drug-likeness (QED) is 0.342. The Kier molecular flexibility index (Phi) is 6.58. The Hall–Kier alpha value is -3.30. The van der Waals surface area contributed by atoms with E-state index in [4.69, 9.17) is 21.6 Å². The molecule has 0 saturated heterocycles. The van der Waals surface area contributed by atoms with Crippen LogP contribution in [0.3, 0.4) is 0 Å². The zero-order valence-corrected chi connectivity index (χ0v) is 15.5. The Bertz CT molecular complexity index is 961. The third-order valence-electron chi connectivity index (χ3n) is 3.81. The van der Waals surface area contributed by atoms with E-state index >= 15 is 0 Å². The Labute approximate surface area is 161 Å². The van der Waals surface area contributed by atoms with Crippen molar-refractivity contribution in [3.05, 3.63) is 64.4 Å². The number of rotatable bonds is 5. The van der Waals surface area contributed by atoms with Crippen molar-refractivity contribution in [2.45, 2.75) is 13.3 Å². The third kappa shape index (κ3) is 4.46. The standard InChI is InChI=1S/C20H17ClN2O4/c1-3-18(24)16(11-22)19(25)23-12-8-9-13(15(10-12)20(26)27-2)14-6-4-5-7-17(14)21/h4-10,24H,3H2,1-2H3,(H,23,25)/b18-16-. The molecule has 6 nitrogen and oxygen atoms in total. The summed E-state index contributed by atoms with van der Waals surface area (Å²) in [6.07, 6.45) is 0.148. The molecule has 2 aromatic rings. The Morgan fingerprint density at radius 3 is 2.52 bits per heavy atom.